The molecule has 1 aromatic heterocycles. The Morgan fingerprint density at radius 2 is 1.89 bits per heavy atom. The lowest BCUT2D eigenvalue weighted by atomic mass is 10.1. The molecular formula is C12H9F3O3. The van der Waals surface area contributed by atoms with E-state index in [1.807, 2.05) is 0 Å². The number of fused-ring (bicyclic) bond motifs is 1. The Labute approximate surface area is 99.8 Å². The van der Waals surface area contributed by atoms with Gasteiger partial charge in [-0.1, -0.05) is 0 Å². The molecule has 2 aromatic rings. The van der Waals surface area contributed by atoms with Crippen LogP contribution in [0.25, 0.3) is 11.0 Å². The summed E-state index contributed by atoms with van der Waals surface area (Å²) in [7, 11) is 0. The van der Waals surface area contributed by atoms with Gasteiger partial charge in [0.05, 0.1) is 12.0 Å². The lowest BCUT2D eigenvalue weighted by molar-refractivity contribution is 0.314. The number of aryl methyl sites for hydroxylation is 1. The quantitative estimate of drug-likeness (QED) is 0.777. The molecule has 0 bridgehead atoms. The molecule has 2 rings (SSSR count). The number of halogens is 3. The van der Waals surface area contributed by atoms with E-state index < -0.39 is 28.5 Å². The molecule has 0 radical (unpaired) electrons. The van der Waals surface area contributed by atoms with Crippen LogP contribution in [0.5, 0.6) is 5.75 Å². The molecule has 0 aliphatic heterocycles. The Morgan fingerprint density at radius 1 is 1.22 bits per heavy atom. The van der Waals surface area contributed by atoms with Crippen LogP contribution in [0, 0.1) is 24.4 Å². The molecule has 0 fully saturated rings. The highest BCUT2D eigenvalue weighted by molar-refractivity contribution is 5.82. The maximum Gasteiger partial charge on any atom is 0.372 e. The minimum atomic E-state index is -1.30. The Morgan fingerprint density at radius 3 is 2.50 bits per heavy atom. The number of hydrogen-bond donors (Lipinski definition) is 0. The van der Waals surface area contributed by atoms with Crippen LogP contribution in [0.2, 0.25) is 0 Å². The Hall–Kier alpha value is -1.98. The van der Waals surface area contributed by atoms with E-state index in [9.17, 15) is 18.0 Å². The zero-order chi connectivity index (χ0) is 13.4. The first-order valence-corrected chi connectivity index (χ1v) is 5.21. The summed E-state index contributed by atoms with van der Waals surface area (Å²) >= 11 is 0. The van der Waals surface area contributed by atoms with Crippen molar-refractivity contribution < 1.29 is 22.3 Å². The average Bonchev–Trinajstić information content (AvgIpc) is 2.33. The topological polar surface area (TPSA) is 39.4 Å². The second-order valence-electron chi connectivity index (χ2n) is 3.64. The van der Waals surface area contributed by atoms with Crippen molar-refractivity contribution in [1.29, 1.82) is 0 Å². The average molecular weight is 258 g/mol. The van der Waals surface area contributed by atoms with Crippen LogP contribution in [0.4, 0.5) is 13.2 Å². The predicted octanol–water partition coefficient (Wildman–Crippen LogP) is 2.92. The third-order valence-corrected chi connectivity index (χ3v) is 2.52. The third kappa shape index (κ3) is 1.73. The second kappa shape index (κ2) is 4.36. The highest BCUT2D eigenvalue weighted by Gasteiger charge is 2.21. The van der Waals surface area contributed by atoms with Gasteiger partial charge >= 0.3 is 5.63 Å². The molecule has 3 nitrogen and oxygen atoms in total. The van der Waals surface area contributed by atoms with Gasteiger partial charge in [-0.15, -0.1) is 0 Å². The summed E-state index contributed by atoms with van der Waals surface area (Å²) in [5.74, 6) is -4.14. The number of benzene rings is 1. The zero-order valence-corrected chi connectivity index (χ0v) is 9.64. The zero-order valence-electron chi connectivity index (χ0n) is 9.64. The molecule has 0 N–H and O–H groups in total. The third-order valence-electron chi connectivity index (χ3n) is 2.52. The number of hydrogen-bond acceptors (Lipinski definition) is 3. The molecule has 0 saturated heterocycles. The maximum absolute atomic E-state index is 13.8. The molecule has 1 aromatic carbocycles. The molecule has 0 aliphatic carbocycles. The SMILES string of the molecule is CCOc1cc2oc(=O)c(F)c(C)c2c(F)c1F. The van der Waals surface area contributed by atoms with Crippen molar-refractivity contribution in [2.45, 2.75) is 13.8 Å². The van der Waals surface area contributed by atoms with Crippen LogP contribution in [0.15, 0.2) is 15.3 Å². The van der Waals surface area contributed by atoms with Gasteiger partial charge in [0.2, 0.25) is 11.6 Å². The van der Waals surface area contributed by atoms with Gasteiger partial charge in [0.1, 0.15) is 5.58 Å². The first kappa shape index (κ1) is 12.5. The van der Waals surface area contributed by atoms with Gasteiger partial charge in [0.15, 0.2) is 11.6 Å². The molecule has 18 heavy (non-hydrogen) atoms. The standard InChI is InChI=1S/C12H9F3O3/c1-3-17-7-4-6-8(11(15)10(7)14)5(2)9(13)12(16)18-6/h4H,3H2,1-2H3. The summed E-state index contributed by atoms with van der Waals surface area (Å²) in [5.41, 5.74) is -1.77. The first-order chi connectivity index (χ1) is 8.47. The van der Waals surface area contributed by atoms with E-state index in [2.05, 4.69) is 4.42 Å². The van der Waals surface area contributed by atoms with Gasteiger partial charge in [-0.3, -0.25) is 0 Å². The first-order valence-electron chi connectivity index (χ1n) is 5.21. The molecule has 0 amide bonds. The summed E-state index contributed by atoms with van der Waals surface area (Å²) in [5, 5.41) is -0.395. The van der Waals surface area contributed by atoms with E-state index in [1.54, 1.807) is 6.92 Å². The summed E-state index contributed by atoms with van der Waals surface area (Å²) in [4.78, 5) is 11.1. The van der Waals surface area contributed by atoms with Crippen molar-refractivity contribution >= 4 is 11.0 Å². The van der Waals surface area contributed by atoms with Crippen molar-refractivity contribution in [3.63, 3.8) is 0 Å². The molecule has 0 unspecified atom stereocenters. The van der Waals surface area contributed by atoms with Crippen molar-refractivity contribution in [2.75, 3.05) is 6.61 Å². The lowest BCUT2D eigenvalue weighted by Crippen LogP contribution is -2.09. The van der Waals surface area contributed by atoms with Crippen molar-refractivity contribution in [2.24, 2.45) is 0 Å². The fourth-order valence-electron chi connectivity index (χ4n) is 1.68. The number of rotatable bonds is 2. The van der Waals surface area contributed by atoms with Crippen LogP contribution in [0.1, 0.15) is 12.5 Å². The van der Waals surface area contributed by atoms with Crippen molar-refractivity contribution in [3.8, 4) is 5.75 Å². The van der Waals surface area contributed by atoms with Crippen LogP contribution in [-0.4, -0.2) is 6.61 Å². The minimum Gasteiger partial charge on any atom is -0.491 e. The van der Waals surface area contributed by atoms with Crippen LogP contribution in [0.3, 0.4) is 0 Å². The predicted molar refractivity (Wildman–Crippen MR) is 58.3 cm³/mol. The van der Waals surface area contributed by atoms with E-state index in [1.165, 1.54) is 6.92 Å². The largest absolute Gasteiger partial charge is 0.491 e. The van der Waals surface area contributed by atoms with Gasteiger partial charge in [-0.2, -0.15) is 8.78 Å². The van der Waals surface area contributed by atoms with Gasteiger partial charge < -0.3 is 9.15 Å². The van der Waals surface area contributed by atoms with Crippen LogP contribution >= 0.6 is 0 Å². The monoisotopic (exact) mass is 258 g/mol. The maximum atomic E-state index is 13.8. The fraction of sp³-hybridized carbons (Fsp3) is 0.250. The Balaban J connectivity index is 2.91. The lowest BCUT2D eigenvalue weighted by Gasteiger charge is -2.09. The highest BCUT2D eigenvalue weighted by atomic mass is 19.2. The Kier molecular flexibility index (Phi) is 3.02. The molecular weight excluding hydrogens is 249 g/mol. The van der Waals surface area contributed by atoms with Gasteiger partial charge in [-0.05, 0) is 13.8 Å². The number of ether oxygens (including phenoxy) is 1. The summed E-state index contributed by atoms with van der Waals surface area (Å²) in [6.45, 7) is 2.89. The van der Waals surface area contributed by atoms with Crippen LogP contribution in [-0.2, 0) is 0 Å². The van der Waals surface area contributed by atoms with Crippen molar-refractivity contribution in [3.05, 3.63) is 39.5 Å². The van der Waals surface area contributed by atoms with Crippen molar-refractivity contribution in [1.82, 2.24) is 0 Å². The molecule has 0 aliphatic rings. The molecule has 0 atom stereocenters. The minimum absolute atomic E-state index is 0.117. The Bertz CT molecular complexity index is 677. The highest BCUT2D eigenvalue weighted by Crippen LogP contribution is 2.30. The molecule has 0 saturated carbocycles. The summed E-state index contributed by atoms with van der Waals surface area (Å²) < 4.78 is 50.1. The molecule has 6 heteroatoms. The normalized spacial score (nSPS) is 10.9. The van der Waals surface area contributed by atoms with E-state index >= 15 is 0 Å². The summed E-state index contributed by atoms with van der Waals surface area (Å²) in [6.07, 6.45) is 0. The fourth-order valence-corrected chi connectivity index (χ4v) is 1.68. The smallest absolute Gasteiger partial charge is 0.372 e. The molecule has 1 heterocycles. The molecule has 96 valence electrons. The van der Waals surface area contributed by atoms with E-state index in [4.69, 9.17) is 4.74 Å². The van der Waals surface area contributed by atoms with Crippen LogP contribution < -0.4 is 10.4 Å². The van der Waals surface area contributed by atoms with Gasteiger partial charge in [0.25, 0.3) is 0 Å². The van der Waals surface area contributed by atoms with E-state index in [0.29, 0.717) is 0 Å². The van der Waals surface area contributed by atoms with E-state index in [-0.39, 0.29) is 23.5 Å². The second-order valence-corrected chi connectivity index (χ2v) is 3.64. The van der Waals surface area contributed by atoms with E-state index in [0.717, 1.165) is 6.07 Å². The molecule has 0 spiro atoms. The van der Waals surface area contributed by atoms with Gasteiger partial charge in [0, 0.05) is 11.6 Å². The summed E-state index contributed by atoms with van der Waals surface area (Å²) in [6, 6.07) is 1.03. The van der Waals surface area contributed by atoms with Gasteiger partial charge in [-0.25, -0.2) is 9.18 Å².